The van der Waals surface area contributed by atoms with Crippen molar-refractivity contribution in [3.8, 4) is 17.2 Å². The van der Waals surface area contributed by atoms with Crippen molar-refractivity contribution in [2.24, 2.45) is 17.8 Å². The van der Waals surface area contributed by atoms with E-state index in [1.54, 1.807) is 36.4 Å². The average molecular weight is 625 g/mol. The minimum absolute atomic E-state index is 0.127. The highest BCUT2D eigenvalue weighted by molar-refractivity contribution is 6.31. The van der Waals surface area contributed by atoms with Crippen LogP contribution in [0.1, 0.15) is 25.3 Å². The predicted octanol–water partition coefficient (Wildman–Crippen LogP) is 6.29. The van der Waals surface area contributed by atoms with E-state index in [2.05, 4.69) is 10.1 Å². The summed E-state index contributed by atoms with van der Waals surface area (Å²) in [5, 5.41) is 12.9. The molecule has 13 heteroatoms. The summed E-state index contributed by atoms with van der Waals surface area (Å²) in [6.45, 7) is 2.01. The van der Waals surface area contributed by atoms with Gasteiger partial charge in [0.05, 0.1) is 18.7 Å². The van der Waals surface area contributed by atoms with Crippen molar-refractivity contribution in [2.75, 3.05) is 23.9 Å². The third-order valence-corrected chi connectivity index (χ3v) is 8.11. The zero-order chi connectivity index (χ0) is 31.1. The number of nitrogens with one attached hydrogen (secondary N) is 1. The smallest absolute Gasteiger partial charge is 0.497 e. The number of aliphatic carboxylic acids is 1. The Hall–Kier alpha value is -3.93. The Labute approximate surface area is 249 Å². The highest BCUT2D eigenvalue weighted by Crippen LogP contribution is 2.39. The van der Waals surface area contributed by atoms with E-state index in [0.29, 0.717) is 40.6 Å². The van der Waals surface area contributed by atoms with Gasteiger partial charge in [-0.1, -0.05) is 30.7 Å². The highest BCUT2D eigenvalue weighted by Gasteiger charge is 2.39. The van der Waals surface area contributed by atoms with E-state index in [9.17, 15) is 32.3 Å². The Bertz CT molecular complexity index is 1470. The van der Waals surface area contributed by atoms with E-state index in [-0.39, 0.29) is 30.7 Å². The van der Waals surface area contributed by atoms with Crippen LogP contribution >= 0.6 is 11.6 Å². The Morgan fingerprint density at radius 3 is 2.51 bits per heavy atom. The topological polar surface area (TPSA) is 97.3 Å². The number of amides is 1. The molecule has 0 saturated heterocycles. The van der Waals surface area contributed by atoms with Crippen molar-refractivity contribution >= 4 is 34.9 Å². The second kappa shape index (κ2) is 12.0. The molecule has 0 radical (unpaired) electrons. The summed E-state index contributed by atoms with van der Waals surface area (Å²) < 4.78 is 68.4. The molecule has 0 bridgehead atoms. The van der Waals surface area contributed by atoms with E-state index in [0.717, 1.165) is 12.1 Å². The first-order chi connectivity index (χ1) is 20.3. The molecule has 3 aliphatic rings. The number of carboxylic acid groups (broad SMARTS) is 1. The van der Waals surface area contributed by atoms with Crippen LogP contribution in [0.4, 0.5) is 28.9 Å². The fraction of sp³-hybridized carbons (Fsp3) is 0.400. The molecule has 2 N–H and O–H groups in total. The van der Waals surface area contributed by atoms with Crippen LogP contribution in [0.5, 0.6) is 17.2 Å². The number of anilines is 2. The van der Waals surface area contributed by atoms with Gasteiger partial charge in [-0.05, 0) is 42.9 Å². The number of carboxylic acids is 1. The lowest BCUT2D eigenvalue weighted by Gasteiger charge is -2.34. The fourth-order valence-corrected chi connectivity index (χ4v) is 5.87. The Balaban J connectivity index is 1.45. The highest BCUT2D eigenvalue weighted by atomic mass is 35.5. The van der Waals surface area contributed by atoms with Gasteiger partial charge in [0, 0.05) is 47.4 Å². The van der Waals surface area contributed by atoms with Crippen molar-refractivity contribution < 1.29 is 46.5 Å². The van der Waals surface area contributed by atoms with Gasteiger partial charge >= 0.3 is 12.3 Å². The van der Waals surface area contributed by atoms with E-state index < -0.39 is 47.7 Å². The summed E-state index contributed by atoms with van der Waals surface area (Å²) in [7, 11) is 1.47. The molecule has 2 aromatic carbocycles. The SMILES string of the molecule is COc1cc(NC(C(=O)N2CCc3cc(F)c(OC(F)(F)F)cc32)C2C=CC(Cl)=CC2C)cc(OC2CC(C(=O)O)C2)c1. The molecule has 43 heavy (non-hydrogen) atoms. The largest absolute Gasteiger partial charge is 0.573 e. The lowest BCUT2D eigenvalue weighted by Crippen LogP contribution is -2.48. The number of allylic oxidation sites excluding steroid dienone is 3. The van der Waals surface area contributed by atoms with Gasteiger partial charge < -0.3 is 29.5 Å². The maximum absolute atomic E-state index is 14.4. The number of hydrogen-bond acceptors (Lipinski definition) is 6. The van der Waals surface area contributed by atoms with Crippen molar-refractivity contribution in [3.63, 3.8) is 0 Å². The van der Waals surface area contributed by atoms with Crippen molar-refractivity contribution in [1.29, 1.82) is 0 Å². The van der Waals surface area contributed by atoms with Crippen molar-refractivity contribution in [2.45, 2.75) is 44.7 Å². The number of methoxy groups -OCH3 is 1. The summed E-state index contributed by atoms with van der Waals surface area (Å²) in [5.74, 6) is -3.79. The molecule has 0 aromatic heterocycles. The molecule has 1 heterocycles. The van der Waals surface area contributed by atoms with Gasteiger partial charge in [0.25, 0.3) is 0 Å². The number of hydrogen-bond donors (Lipinski definition) is 2. The number of fused-ring (bicyclic) bond motifs is 1. The van der Waals surface area contributed by atoms with Gasteiger partial charge in [-0.3, -0.25) is 9.59 Å². The number of nitrogens with zero attached hydrogens (tertiary/aromatic N) is 1. The number of alkyl halides is 3. The molecular weight excluding hydrogens is 596 g/mol. The number of benzene rings is 2. The van der Waals surface area contributed by atoms with Crippen LogP contribution in [0, 0.1) is 23.6 Å². The number of ether oxygens (including phenoxy) is 3. The minimum atomic E-state index is -5.11. The first kappa shape index (κ1) is 30.5. The lowest BCUT2D eigenvalue weighted by molar-refractivity contribution is -0.275. The summed E-state index contributed by atoms with van der Waals surface area (Å²) in [6.07, 6.45) is 0.835. The second-order valence-corrected chi connectivity index (χ2v) is 11.2. The zero-order valence-corrected chi connectivity index (χ0v) is 23.9. The van der Waals surface area contributed by atoms with Crippen LogP contribution in [0.25, 0.3) is 0 Å². The van der Waals surface area contributed by atoms with Gasteiger partial charge in [0.1, 0.15) is 23.6 Å². The van der Waals surface area contributed by atoms with Crippen LogP contribution in [-0.4, -0.2) is 49.1 Å². The zero-order valence-electron chi connectivity index (χ0n) is 23.2. The molecule has 2 aliphatic carbocycles. The average Bonchev–Trinajstić information content (AvgIpc) is 3.30. The predicted molar refractivity (Wildman–Crippen MR) is 150 cm³/mol. The normalized spacial score (nSPS) is 23.5. The second-order valence-electron chi connectivity index (χ2n) is 10.8. The molecule has 230 valence electrons. The first-order valence-electron chi connectivity index (χ1n) is 13.6. The number of halogens is 5. The van der Waals surface area contributed by atoms with Gasteiger partial charge in [0.2, 0.25) is 5.91 Å². The monoisotopic (exact) mass is 624 g/mol. The molecule has 5 rings (SSSR count). The number of carbonyl (C=O) groups excluding carboxylic acids is 1. The maximum atomic E-state index is 14.4. The fourth-order valence-electron chi connectivity index (χ4n) is 5.60. The minimum Gasteiger partial charge on any atom is -0.497 e. The molecule has 1 saturated carbocycles. The van der Waals surface area contributed by atoms with Gasteiger partial charge in [-0.2, -0.15) is 0 Å². The quantitative estimate of drug-likeness (QED) is 0.317. The van der Waals surface area contributed by atoms with Crippen LogP contribution in [0.3, 0.4) is 0 Å². The van der Waals surface area contributed by atoms with Crippen LogP contribution in [-0.2, 0) is 16.0 Å². The molecule has 1 amide bonds. The molecule has 1 aliphatic heterocycles. The van der Waals surface area contributed by atoms with Crippen LogP contribution in [0.2, 0.25) is 0 Å². The Kier molecular flexibility index (Phi) is 8.51. The molecule has 1 fully saturated rings. The van der Waals surface area contributed by atoms with Gasteiger partial charge in [0.15, 0.2) is 11.6 Å². The van der Waals surface area contributed by atoms with Crippen molar-refractivity contribution in [3.05, 3.63) is 65.0 Å². The summed E-state index contributed by atoms with van der Waals surface area (Å²) in [5.41, 5.74) is 0.973. The first-order valence-corrected chi connectivity index (χ1v) is 14.0. The third-order valence-electron chi connectivity index (χ3n) is 7.86. The summed E-state index contributed by atoms with van der Waals surface area (Å²) in [4.78, 5) is 26.7. The standard InChI is InChI=1S/C30H29ClF4N2O6/c1-15-7-18(31)3-4-23(15)27(28(38)37-6-5-16-10-24(32)26(14-25(16)37)43-30(33,34)35)36-19-11-20(41-2)13-22(12-19)42-21-8-17(9-21)29(39)40/h3-4,7,10-15,17,21,23,27,36H,5-6,8-9H2,1-2H3,(H,39,40). The molecule has 3 atom stereocenters. The molecular formula is C30H29ClF4N2O6. The van der Waals surface area contributed by atoms with Crippen LogP contribution in [0.15, 0.2) is 53.6 Å². The van der Waals surface area contributed by atoms with Crippen LogP contribution < -0.4 is 24.4 Å². The van der Waals surface area contributed by atoms with Gasteiger partial charge in [-0.15, -0.1) is 13.2 Å². The lowest BCUT2D eigenvalue weighted by atomic mass is 9.82. The van der Waals surface area contributed by atoms with E-state index in [4.69, 9.17) is 21.1 Å². The summed E-state index contributed by atoms with van der Waals surface area (Å²) in [6, 6.07) is 5.90. The third kappa shape index (κ3) is 6.84. The number of rotatable bonds is 9. The summed E-state index contributed by atoms with van der Waals surface area (Å²) >= 11 is 6.21. The molecule has 8 nitrogen and oxygen atoms in total. The van der Waals surface area contributed by atoms with E-state index in [1.807, 2.05) is 6.92 Å². The molecule has 2 aromatic rings. The Morgan fingerprint density at radius 2 is 1.86 bits per heavy atom. The Morgan fingerprint density at radius 1 is 1.14 bits per heavy atom. The van der Waals surface area contributed by atoms with Crippen molar-refractivity contribution in [1.82, 2.24) is 0 Å². The van der Waals surface area contributed by atoms with Gasteiger partial charge in [-0.25, -0.2) is 4.39 Å². The van der Waals surface area contributed by atoms with E-state index >= 15 is 0 Å². The van der Waals surface area contributed by atoms with E-state index in [1.165, 1.54) is 12.0 Å². The molecule has 0 spiro atoms. The maximum Gasteiger partial charge on any atom is 0.573 e. The number of carbonyl (C=O) groups is 2. The molecule has 3 unspecified atom stereocenters.